The molecule has 32 heavy (non-hydrogen) atoms. The number of sulfone groups is 1. The van der Waals surface area contributed by atoms with Crippen molar-refractivity contribution in [1.29, 1.82) is 0 Å². The molecule has 0 bridgehead atoms. The minimum atomic E-state index is -3.85. The molecule has 0 saturated heterocycles. The minimum absolute atomic E-state index is 0.0579. The van der Waals surface area contributed by atoms with Crippen LogP contribution in [0.2, 0.25) is 0 Å². The van der Waals surface area contributed by atoms with Crippen LogP contribution in [0.25, 0.3) is 0 Å². The molecule has 1 atom stereocenters. The van der Waals surface area contributed by atoms with Crippen LogP contribution in [-0.4, -0.2) is 32.1 Å². The number of rotatable bonds is 9. The molecule has 0 aromatic heterocycles. The fourth-order valence-corrected chi connectivity index (χ4v) is 4.69. The van der Waals surface area contributed by atoms with Gasteiger partial charge in [0, 0.05) is 6.42 Å². The molecule has 166 valence electrons. The summed E-state index contributed by atoms with van der Waals surface area (Å²) in [5.41, 5.74) is 2.19. The third-order valence-electron chi connectivity index (χ3n) is 4.88. The van der Waals surface area contributed by atoms with Gasteiger partial charge < -0.3 is 10.1 Å². The number of carbonyl (C=O) groups is 2. The molecule has 0 aliphatic carbocycles. The topological polar surface area (TPSA) is 89.5 Å². The summed E-state index contributed by atoms with van der Waals surface area (Å²) in [7, 11) is -3.85. The molecule has 0 fully saturated rings. The molecule has 0 aliphatic rings. The Kier molecular flexibility index (Phi) is 7.78. The van der Waals surface area contributed by atoms with Crippen molar-refractivity contribution in [2.24, 2.45) is 0 Å². The molecule has 0 spiro atoms. The van der Waals surface area contributed by atoms with Crippen LogP contribution in [0.5, 0.6) is 0 Å². The maximum atomic E-state index is 12.8. The molecule has 1 amide bonds. The summed E-state index contributed by atoms with van der Waals surface area (Å²) >= 11 is 0. The molecule has 0 unspecified atom stereocenters. The van der Waals surface area contributed by atoms with E-state index < -0.39 is 33.5 Å². The minimum Gasteiger partial charge on any atom is -0.459 e. The molecule has 0 aliphatic heterocycles. The van der Waals surface area contributed by atoms with Gasteiger partial charge in [0.15, 0.2) is 9.84 Å². The average Bonchev–Trinajstić information content (AvgIpc) is 2.78. The number of nitrogens with one attached hydrogen (secondary N) is 1. The van der Waals surface area contributed by atoms with Gasteiger partial charge in [0.1, 0.15) is 18.4 Å². The Hall–Kier alpha value is -3.45. The van der Waals surface area contributed by atoms with Gasteiger partial charge in [0.05, 0.1) is 4.90 Å². The highest BCUT2D eigenvalue weighted by molar-refractivity contribution is 7.92. The number of hydrogen-bond acceptors (Lipinski definition) is 5. The second-order valence-electron chi connectivity index (χ2n) is 7.43. The van der Waals surface area contributed by atoms with Crippen LogP contribution in [0.1, 0.15) is 16.7 Å². The monoisotopic (exact) mass is 451 g/mol. The number of amides is 1. The summed E-state index contributed by atoms with van der Waals surface area (Å²) in [4.78, 5) is 25.5. The number of aryl methyl sites for hydroxylation is 1. The quantitative estimate of drug-likeness (QED) is 0.505. The molecule has 7 heteroatoms. The van der Waals surface area contributed by atoms with Crippen molar-refractivity contribution in [3.63, 3.8) is 0 Å². The SMILES string of the molecule is Cc1ccccc1S(=O)(=O)CC(=O)N[C@@H](Cc1ccccc1)C(=O)OCc1ccccc1. The Balaban J connectivity index is 1.71. The lowest BCUT2D eigenvalue weighted by molar-refractivity contribution is -0.148. The van der Waals surface area contributed by atoms with E-state index in [1.54, 1.807) is 25.1 Å². The second-order valence-corrected chi connectivity index (χ2v) is 9.39. The lowest BCUT2D eigenvalue weighted by Gasteiger charge is -2.18. The Morgan fingerprint density at radius 2 is 1.41 bits per heavy atom. The zero-order valence-electron chi connectivity index (χ0n) is 17.7. The largest absolute Gasteiger partial charge is 0.459 e. The predicted molar refractivity (Wildman–Crippen MR) is 122 cm³/mol. The summed E-state index contributed by atoms with van der Waals surface area (Å²) in [5, 5.41) is 2.55. The summed E-state index contributed by atoms with van der Waals surface area (Å²) in [5.74, 6) is -2.14. The van der Waals surface area contributed by atoms with Gasteiger partial charge in [-0.05, 0) is 29.7 Å². The molecular weight excluding hydrogens is 426 g/mol. The van der Waals surface area contributed by atoms with Crippen LogP contribution in [0.3, 0.4) is 0 Å². The first kappa shape index (κ1) is 23.2. The van der Waals surface area contributed by atoms with E-state index >= 15 is 0 Å². The molecule has 0 heterocycles. The van der Waals surface area contributed by atoms with E-state index in [-0.39, 0.29) is 17.9 Å². The van der Waals surface area contributed by atoms with E-state index in [1.807, 2.05) is 60.7 Å². The number of carbonyl (C=O) groups excluding carboxylic acids is 2. The van der Waals surface area contributed by atoms with E-state index in [4.69, 9.17) is 4.74 Å². The lowest BCUT2D eigenvalue weighted by atomic mass is 10.1. The average molecular weight is 452 g/mol. The van der Waals surface area contributed by atoms with Gasteiger partial charge in [-0.15, -0.1) is 0 Å². The van der Waals surface area contributed by atoms with Crippen LogP contribution in [0, 0.1) is 6.92 Å². The number of benzene rings is 3. The maximum absolute atomic E-state index is 12.8. The fraction of sp³-hybridized carbons (Fsp3) is 0.200. The van der Waals surface area contributed by atoms with Gasteiger partial charge in [0.25, 0.3) is 0 Å². The number of esters is 1. The Morgan fingerprint density at radius 3 is 2.03 bits per heavy atom. The molecule has 0 saturated carbocycles. The highest BCUT2D eigenvalue weighted by Crippen LogP contribution is 2.16. The highest BCUT2D eigenvalue weighted by Gasteiger charge is 2.27. The first-order valence-electron chi connectivity index (χ1n) is 10.2. The van der Waals surface area contributed by atoms with E-state index in [0.717, 1.165) is 11.1 Å². The molecular formula is C25H25NO5S. The number of hydrogen-bond donors (Lipinski definition) is 1. The van der Waals surface area contributed by atoms with E-state index in [0.29, 0.717) is 5.56 Å². The van der Waals surface area contributed by atoms with Crippen LogP contribution < -0.4 is 5.32 Å². The van der Waals surface area contributed by atoms with Gasteiger partial charge >= 0.3 is 5.97 Å². The standard InChI is InChI=1S/C25H25NO5S/c1-19-10-8-9-15-23(19)32(29,30)18-24(27)26-22(16-20-11-4-2-5-12-20)25(28)31-17-21-13-6-3-7-14-21/h2-15,22H,16-18H2,1H3,(H,26,27)/t22-/m0/s1. The zero-order valence-corrected chi connectivity index (χ0v) is 18.5. The molecule has 3 rings (SSSR count). The molecule has 3 aromatic carbocycles. The zero-order chi connectivity index (χ0) is 23.0. The van der Waals surface area contributed by atoms with Crippen LogP contribution in [-0.2, 0) is 37.2 Å². The van der Waals surface area contributed by atoms with E-state index in [2.05, 4.69) is 5.32 Å². The van der Waals surface area contributed by atoms with Crippen molar-refractivity contribution >= 4 is 21.7 Å². The van der Waals surface area contributed by atoms with Crippen LogP contribution >= 0.6 is 0 Å². The molecule has 0 radical (unpaired) electrons. The van der Waals surface area contributed by atoms with E-state index in [9.17, 15) is 18.0 Å². The molecule has 6 nitrogen and oxygen atoms in total. The van der Waals surface area contributed by atoms with Crippen molar-refractivity contribution < 1.29 is 22.7 Å². The van der Waals surface area contributed by atoms with Gasteiger partial charge in [-0.3, -0.25) is 4.79 Å². The van der Waals surface area contributed by atoms with Gasteiger partial charge in [-0.2, -0.15) is 0 Å². The van der Waals surface area contributed by atoms with Crippen molar-refractivity contribution in [1.82, 2.24) is 5.32 Å². The second kappa shape index (κ2) is 10.7. The highest BCUT2D eigenvalue weighted by atomic mass is 32.2. The van der Waals surface area contributed by atoms with Gasteiger partial charge in [0.2, 0.25) is 5.91 Å². The van der Waals surface area contributed by atoms with Crippen molar-refractivity contribution in [3.8, 4) is 0 Å². The fourth-order valence-electron chi connectivity index (χ4n) is 3.26. The summed E-state index contributed by atoms with van der Waals surface area (Å²) < 4.78 is 30.8. The van der Waals surface area contributed by atoms with Crippen molar-refractivity contribution in [2.75, 3.05) is 5.75 Å². The summed E-state index contributed by atoms with van der Waals surface area (Å²) in [6, 6.07) is 23.8. The number of ether oxygens (including phenoxy) is 1. The lowest BCUT2D eigenvalue weighted by Crippen LogP contribution is -2.45. The molecule has 3 aromatic rings. The first-order valence-corrected chi connectivity index (χ1v) is 11.8. The van der Waals surface area contributed by atoms with Crippen LogP contribution in [0.15, 0.2) is 89.8 Å². The Labute approximate surface area is 188 Å². The third kappa shape index (κ3) is 6.52. The first-order chi connectivity index (χ1) is 15.3. The Morgan fingerprint density at radius 1 is 0.844 bits per heavy atom. The molecule has 1 N–H and O–H groups in total. The summed E-state index contributed by atoms with van der Waals surface area (Å²) in [6.45, 7) is 1.73. The van der Waals surface area contributed by atoms with Gasteiger partial charge in [-0.25, -0.2) is 13.2 Å². The Bertz CT molecular complexity index is 1160. The van der Waals surface area contributed by atoms with Gasteiger partial charge in [-0.1, -0.05) is 78.9 Å². The van der Waals surface area contributed by atoms with E-state index in [1.165, 1.54) is 6.07 Å². The summed E-state index contributed by atoms with van der Waals surface area (Å²) in [6.07, 6.45) is 0.185. The van der Waals surface area contributed by atoms with Crippen molar-refractivity contribution in [2.45, 2.75) is 30.9 Å². The third-order valence-corrected chi connectivity index (χ3v) is 6.65. The van der Waals surface area contributed by atoms with Crippen LogP contribution in [0.4, 0.5) is 0 Å². The smallest absolute Gasteiger partial charge is 0.329 e. The van der Waals surface area contributed by atoms with Crippen molar-refractivity contribution in [3.05, 3.63) is 102 Å². The normalized spacial score (nSPS) is 12.0. The predicted octanol–water partition coefficient (Wildman–Crippen LogP) is 3.24. The maximum Gasteiger partial charge on any atom is 0.329 e.